The molecule has 0 radical (unpaired) electrons. The molecular weight excluding hydrogens is 410 g/mol. The topological polar surface area (TPSA) is 63.3 Å². The highest BCUT2D eigenvalue weighted by Crippen LogP contribution is 2.42. The van der Waals surface area contributed by atoms with Gasteiger partial charge in [-0.05, 0) is 29.3 Å². The highest BCUT2D eigenvalue weighted by molar-refractivity contribution is 7.21. The van der Waals surface area contributed by atoms with Crippen LogP contribution in [0.4, 0.5) is 5.69 Å². The number of phenolic OH excluding ortho intramolecular Hbond substituents is 1. The number of hydrogen-bond acceptors (Lipinski definition) is 5. The molecule has 146 valence electrons. The summed E-state index contributed by atoms with van der Waals surface area (Å²) in [5.41, 5.74) is 11.4. The Balaban J connectivity index is 1.68. The molecule has 0 spiro atoms. The van der Waals surface area contributed by atoms with E-state index in [1.165, 1.54) is 11.3 Å². The summed E-state index contributed by atoms with van der Waals surface area (Å²) in [4.78, 5) is 14.0. The number of carbonyl (C=O) groups is 1. The Morgan fingerprint density at radius 1 is 0.867 bits per heavy atom. The highest BCUT2D eigenvalue weighted by atomic mass is 32.1. The van der Waals surface area contributed by atoms with Gasteiger partial charge in [0, 0.05) is 37.5 Å². The zero-order chi connectivity index (χ0) is 20.7. The third-order valence-electron chi connectivity index (χ3n) is 5.09. The summed E-state index contributed by atoms with van der Waals surface area (Å²) in [5.74, 6) is 0.176. The number of rotatable bonds is 4. The van der Waals surface area contributed by atoms with Gasteiger partial charge in [-0.15, -0.1) is 22.7 Å². The first-order valence-electron chi connectivity index (χ1n) is 9.39. The summed E-state index contributed by atoms with van der Waals surface area (Å²) in [7, 11) is 0. The lowest BCUT2D eigenvalue weighted by Gasteiger charge is -2.07. The number of thiophene rings is 2. The van der Waals surface area contributed by atoms with Crippen molar-refractivity contribution in [3.8, 4) is 28.0 Å². The number of benzene rings is 3. The van der Waals surface area contributed by atoms with Crippen LogP contribution in [0.5, 0.6) is 5.75 Å². The molecular formula is C25H17NO2S2. The molecule has 30 heavy (non-hydrogen) atoms. The van der Waals surface area contributed by atoms with Crippen LogP contribution in [0.1, 0.15) is 15.2 Å². The second-order valence-electron chi connectivity index (χ2n) is 7.00. The molecule has 3 aromatic carbocycles. The van der Waals surface area contributed by atoms with Gasteiger partial charge in [0.05, 0.1) is 10.6 Å². The molecule has 5 heteroatoms. The predicted octanol–water partition coefficient (Wildman–Crippen LogP) is 6.82. The first-order valence-corrected chi connectivity index (χ1v) is 11.2. The molecule has 0 bridgehead atoms. The van der Waals surface area contributed by atoms with E-state index in [-0.39, 0.29) is 11.5 Å². The SMILES string of the molecule is Nc1cscc1-c1ccc(-c2c(C(=O)c3ccccc3)sc3cc(O)ccc23)cc1. The minimum absolute atomic E-state index is 0.0163. The molecule has 5 rings (SSSR count). The first-order chi connectivity index (χ1) is 14.6. The van der Waals surface area contributed by atoms with Gasteiger partial charge in [-0.25, -0.2) is 0 Å². The van der Waals surface area contributed by atoms with Crippen LogP contribution < -0.4 is 5.73 Å². The van der Waals surface area contributed by atoms with Crippen molar-refractivity contribution in [1.82, 2.24) is 0 Å². The molecule has 0 aliphatic carbocycles. The number of hydrogen-bond donors (Lipinski definition) is 2. The quantitative estimate of drug-likeness (QED) is 0.310. The molecule has 0 unspecified atom stereocenters. The third-order valence-corrected chi connectivity index (χ3v) is 7.01. The number of fused-ring (bicyclic) bond motifs is 1. The number of aromatic hydroxyl groups is 1. The lowest BCUT2D eigenvalue weighted by Crippen LogP contribution is -2.00. The van der Waals surface area contributed by atoms with Crippen molar-refractivity contribution < 1.29 is 9.90 Å². The molecule has 2 heterocycles. The van der Waals surface area contributed by atoms with E-state index >= 15 is 0 Å². The van der Waals surface area contributed by atoms with Crippen molar-refractivity contribution >= 4 is 44.2 Å². The minimum Gasteiger partial charge on any atom is -0.508 e. The van der Waals surface area contributed by atoms with Crippen molar-refractivity contribution in [3.05, 3.63) is 94.0 Å². The maximum absolute atomic E-state index is 13.3. The fourth-order valence-corrected chi connectivity index (χ4v) is 5.58. The number of anilines is 1. The van der Waals surface area contributed by atoms with Crippen molar-refractivity contribution in [2.24, 2.45) is 0 Å². The van der Waals surface area contributed by atoms with Gasteiger partial charge in [0.15, 0.2) is 0 Å². The fraction of sp³-hybridized carbons (Fsp3) is 0. The van der Waals surface area contributed by atoms with E-state index in [0.29, 0.717) is 10.4 Å². The molecule has 0 amide bonds. The molecule has 3 nitrogen and oxygen atoms in total. The summed E-state index contributed by atoms with van der Waals surface area (Å²) in [5, 5.41) is 14.9. The molecule has 0 saturated heterocycles. The van der Waals surface area contributed by atoms with Crippen molar-refractivity contribution in [3.63, 3.8) is 0 Å². The average molecular weight is 428 g/mol. The summed E-state index contributed by atoms with van der Waals surface area (Å²) in [6.07, 6.45) is 0. The number of nitrogen functional groups attached to an aromatic ring is 1. The largest absolute Gasteiger partial charge is 0.508 e. The lowest BCUT2D eigenvalue weighted by molar-refractivity contribution is 0.104. The number of nitrogens with two attached hydrogens (primary N) is 1. The average Bonchev–Trinajstić information content (AvgIpc) is 3.37. The monoisotopic (exact) mass is 427 g/mol. The van der Waals surface area contributed by atoms with E-state index in [9.17, 15) is 9.90 Å². The Labute approximate surface area is 181 Å². The Hall–Kier alpha value is -3.41. The second kappa shape index (κ2) is 7.44. The summed E-state index contributed by atoms with van der Waals surface area (Å²) in [6.45, 7) is 0. The standard InChI is InChI=1S/C25H17NO2S2/c26-21-14-29-13-20(21)15-6-8-16(9-7-15)23-19-11-10-18(27)12-22(19)30-25(23)24(28)17-4-2-1-3-5-17/h1-14,27H,26H2. The van der Waals surface area contributed by atoms with Crippen LogP contribution in [0.25, 0.3) is 32.3 Å². The molecule has 0 aliphatic rings. The summed E-state index contributed by atoms with van der Waals surface area (Å²) < 4.78 is 0.885. The van der Waals surface area contributed by atoms with Gasteiger partial charge < -0.3 is 10.8 Å². The van der Waals surface area contributed by atoms with Crippen LogP contribution in [0, 0.1) is 0 Å². The lowest BCUT2D eigenvalue weighted by atomic mass is 9.96. The van der Waals surface area contributed by atoms with E-state index in [0.717, 1.165) is 38.0 Å². The van der Waals surface area contributed by atoms with Crippen LogP contribution in [0.15, 0.2) is 83.6 Å². The molecule has 0 saturated carbocycles. The van der Waals surface area contributed by atoms with Crippen LogP contribution in [0.3, 0.4) is 0 Å². The Morgan fingerprint density at radius 3 is 2.30 bits per heavy atom. The Morgan fingerprint density at radius 2 is 1.60 bits per heavy atom. The maximum atomic E-state index is 13.3. The number of ketones is 1. The van der Waals surface area contributed by atoms with E-state index < -0.39 is 0 Å². The maximum Gasteiger partial charge on any atom is 0.203 e. The molecule has 0 atom stereocenters. The first kappa shape index (κ1) is 18.6. The zero-order valence-corrected chi connectivity index (χ0v) is 17.5. The molecule has 0 fully saturated rings. The van der Waals surface area contributed by atoms with Gasteiger partial charge in [0.1, 0.15) is 5.75 Å². The third kappa shape index (κ3) is 3.18. The van der Waals surface area contributed by atoms with E-state index in [1.807, 2.05) is 71.4 Å². The molecule has 0 aliphatic heterocycles. The molecule has 5 aromatic rings. The van der Waals surface area contributed by atoms with Gasteiger partial charge >= 0.3 is 0 Å². The molecule has 2 aromatic heterocycles. The summed E-state index contributed by atoms with van der Waals surface area (Å²) in [6, 6.07) is 22.7. The summed E-state index contributed by atoms with van der Waals surface area (Å²) >= 11 is 2.99. The van der Waals surface area contributed by atoms with Crippen LogP contribution in [-0.2, 0) is 0 Å². The van der Waals surface area contributed by atoms with Crippen molar-refractivity contribution in [2.45, 2.75) is 0 Å². The molecule has 3 N–H and O–H groups in total. The second-order valence-corrected chi connectivity index (χ2v) is 8.80. The highest BCUT2D eigenvalue weighted by Gasteiger charge is 2.21. The van der Waals surface area contributed by atoms with Gasteiger partial charge in [-0.1, -0.05) is 54.6 Å². The predicted molar refractivity (Wildman–Crippen MR) is 127 cm³/mol. The van der Waals surface area contributed by atoms with Crippen molar-refractivity contribution in [2.75, 3.05) is 5.73 Å². The van der Waals surface area contributed by atoms with Crippen molar-refractivity contribution in [1.29, 1.82) is 0 Å². The van der Waals surface area contributed by atoms with E-state index in [2.05, 4.69) is 0 Å². The fourth-order valence-electron chi connectivity index (χ4n) is 3.61. The zero-order valence-electron chi connectivity index (χ0n) is 15.8. The van der Waals surface area contributed by atoms with Gasteiger partial charge in [-0.3, -0.25) is 4.79 Å². The van der Waals surface area contributed by atoms with E-state index in [1.54, 1.807) is 23.5 Å². The smallest absolute Gasteiger partial charge is 0.203 e. The minimum atomic E-state index is -0.0163. The van der Waals surface area contributed by atoms with Crippen LogP contribution in [-0.4, -0.2) is 10.9 Å². The van der Waals surface area contributed by atoms with Gasteiger partial charge in [-0.2, -0.15) is 0 Å². The van der Waals surface area contributed by atoms with Crippen LogP contribution in [0.2, 0.25) is 0 Å². The van der Waals surface area contributed by atoms with Gasteiger partial charge in [0.25, 0.3) is 0 Å². The van der Waals surface area contributed by atoms with Crippen LogP contribution >= 0.6 is 22.7 Å². The van der Waals surface area contributed by atoms with Gasteiger partial charge in [0.2, 0.25) is 5.78 Å². The number of carbonyl (C=O) groups excluding carboxylic acids is 1. The van der Waals surface area contributed by atoms with E-state index in [4.69, 9.17) is 5.73 Å². The Kier molecular flexibility index (Phi) is 4.62. The Bertz CT molecular complexity index is 1370. The normalized spacial score (nSPS) is 11.1. The number of phenols is 1.